The zero-order valence-corrected chi connectivity index (χ0v) is 12.0. The summed E-state index contributed by atoms with van der Waals surface area (Å²) in [5, 5.41) is 9.54. The van der Waals surface area contributed by atoms with Crippen molar-refractivity contribution in [3.05, 3.63) is 28.2 Å². The highest BCUT2D eigenvalue weighted by atomic mass is 79.9. The van der Waals surface area contributed by atoms with Gasteiger partial charge in [0, 0.05) is 19.2 Å². The maximum Gasteiger partial charge on any atom is 0.253 e. The van der Waals surface area contributed by atoms with Crippen molar-refractivity contribution in [2.45, 2.75) is 20.3 Å². The van der Waals surface area contributed by atoms with E-state index >= 15 is 0 Å². The second kappa shape index (κ2) is 6.05. The molecule has 1 rings (SSSR count). The summed E-state index contributed by atoms with van der Waals surface area (Å²) in [6, 6.07) is 4.87. The molecule has 1 aromatic rings. The second-order valence-corrected chi connectivity index (χ2v) is 5.22. The molecule has 3 nitrogen and oxygen atoms in total. The third-order valence-corrected chi connectivity index (χ3v) is 3.49. The molecule has 0 saturated carbocycles. The van der Waals surface area contributed by atoms with Crippen LogP contribution in [0.2, 0.25) is 0 Å². The molecule has 0 fully saturated rings. The molecular formula is C13H18BrNO2. The lowest BCUT2D eigenvalue weighted by Gasteiger charge is -2.21. The summed E-state index contributed by atoms with van der Waals surface area (Å²) in [6.45, 7) is 4.95. The first kappa shape index (κ1) is 14.0. The van der Waals surface area contributed by atoms with Gasteiger partial charge in [-0.15, -0.1) is 0 Å². The van der Waals surface area contributed by atoms with E-state index in [2.05, 4.69) is 29.8 Å². The molecule has 0 radical (unpaired) electrons. The number of amides is 1. The number of benzene rings is 1. The molecule has 1 N–H and O–H groups in total. The SMILES string of the molecule is CCC(C)CN(C)C(=O)c1ccc(Br)c(O)c1. The van der Waals surface area contributed by atoms with Gasteiger partial charge >= 0.3 is 0 Å². The number of carbonyl (C=O) groups is 1. The number of aromatic hydroxyl groups is 1. The Morgan fingerprint density at radius 2 is 2.18 bits per heavy atom. The molecule has 1 amide bonds. The van der Waals surface area contributed by atoms with E-state index in [1.54, 1.807) is 24.1 Å². The molecule has 94 valence electrons. The van der Waals surface area contributed by atoms with Crippen LogP contribution >= 0.6 is 15.9 Å². The van der Waals surface area contributed by atoms with E-state index in [0.717, 1.165) is 13.0 Å². The van der Waals surface area contributed by atoms with Gasteiger partial charge in [0.15, 0.2) is 0 Å². The van der Waals surface area contributed by atoms with Crippen molar-refractivity contribution >= 4 is 21.8 Å². The van der Waals surface area contributed by atoms with Crippen LogP contribution in [0.1, 0.15) is 30.6 Å². The molecule has 0 saturated heterocycles. The van der Waals surface area contributed by atoms with Gasteiger partial charge in [-0.05, 0) is 40.0 Å². The average Bonchev–Trinajstić information content (AvgIpc) is 2.31. The number of carbonyl (C=O) groups excluding carboxylic acids is 1. The molecule has 1 aromatic carbocycles. The number of phenols is 1. The van der Waals surface area contributed by atoms with Crippen LogP contribution in [0.25, 0.3) is 0 Å². The standard InChI is InChI=1S/C13H18BrNO2/c1-4-9(2)8-15(3)13(17)10-5-6-11(14)12(16)7-10/h5-7,9,16H,4,8H2,1-3H3. The Bertz CT molecular complexity index is 406. The van der Waals surface area contributed by atoms with Crippen LogP contribution in [-0.4, -0.2) is 29.5 Å². The van der Waals surface area contributed by atoms with Crippen molar-refractivity contribution in [3.8, 4) is 5.75 Å². The Morgan fingerprint density at radius 3 is 2.71 bits per heavy atom. The summed E-state index contributed by atoms with van der Waals surface area (Å²) in [4.78, 5) is 13.8. The summed E-state index contributed by atoms with van der Waals surface area (Å²) in [5.41, 5.74) is 0.511. The fourth-order valence-corrected chi connectivity index (χ4v) is 1.79. The normalized spacial score (nSPS) is 12.2. The Morgan fingerprint density at radius 1 is 1.53 bits per heavy atom. The summed E-state index contributed by atoms with van der Waals surface area (Å²) >= 11 is 3.19. The highest BCUT2D eigenvalue weighted by Gasteiger charge is 2.14. The molecule has 1 unspecified atom stereocenters. The van der Waals surface area contributed by atoms with Crippen LogP contribution in [0.3, 0.4) is 0 Å². The van der Waals surface area contributed by atoms with Crippen LogP contribution in [0.15, 0.2) is 22.7 Å². The molecule has 0 aliphatic carbocycles. The molecule has 0 aliphatic rings. The molecule has 4 heteroatoms. The Hall–Kier alpha value is -1.03. The predicted octanol–water partition coefficient (Wildman–Crippen LogP) is 3.27. The molecule has 0 heterocycles. The Kier molecular flexibility index (Phi) is 5.00. The zero-order valence-electron chi connectivity index (χ0n) is 10.4. The maximum absolute atomic E-state index is 12.1. The first-order chi connectivity index (χ1) is 7.95. The van der Waals surface area contributed by atoms with Gasteiger partial charge in [0.25, 0.3) is 5.91 Å². The summed E-state index contributed by atoms with van der Waals surface area (Å²) in [6.07, 6.45) is 1.04. The Labute approximate surface area is 111 Å². The third kappa shape index (κ3) is 3.73. The molecule has 17 heavy (non-hydrogen) atoms. The van der Waals surface area contributed by atoms with E-state index in [0.29, 0.717) is 16.0 Å². The predicted molar refractivity (Wildman–Crippen MR) is 72.2 cm³/mol. The smallest absolute Gasteiger partial charge is 0.253 e. The van der Waals surface area contributed by atoms with Crippen LogP contribution in [0.4, 0.5) is 0 Å². The van der Waals surface area contributed by atoms with Crippen LogP contribution in [0.5, 0.6) is 5.75 Å². The minimum Gasteiger partial charge on any atom is -0.507 e. The van der Waals surface area contributed by atoms with E-state index in [1.165, 1.54) is 6.07 Å². The van der Waals surface area contributed by atoms with Gasteiger partial charge in [-0.2, -0.15) is 0 Å². The number of halogens is 1. The van der Waals surface area contributed by atoms with Crippen LogP contribution < -0.4 is 0 Å². The van der Waals surface area contributed by atoms with Gasteiger partial charge in [-0.3, -0.25) is 4.79 Å². The number of hydrogen-bond donors (Lipinski definition) is 1. The number of nitrogens with zero attached hydrogens (tertiary/aromatic N) is 1. The zero-order chi connectivity index (χ0) is 13.0. The summed E-state index contributed by atoms with van der Waals surface area (Å²) < 4.78 is 0.596. The van der Waals surface area contributed by atoms with Crippen molar-refractivity contribution in [3.63, 3.8) is 0 Å². The topological polar surface area (TPSA) is 40.5 Å². The monoisotopic (exact) mass is 299 g/mol. The summed E-state index contributed by atoms with van der Waals surface area (Å²) in [5.74, 6) is 0.508. The minimum atomic E-state index is -0.0619. The first-order valence-electron chi connectivity index (χ1n) is 5.69. The Balaban J connectivity index is 2.78. The van der Waals surface area contributed by atoms with Gasteiger partial charge in [-0.25, -0.2) is 0 Å². The maximum atomic E-state index is 12.1. The quantitative estimate of drug-likeness (QED) is 0.927. The third-order valence-electron chi connectivity index (χ3n) is 2.82. The molecule has 0 bridgehead atoms. The lowest BCUT2D eigenvalue weighted by atomic mass is 10.1. The van der Waals surface area contributed by atoms with E-state index in [-0.39, 0.29) is 11.7 Å². The highest BCUT2D eigenvalue weighted by Crippen LogP contribution is 2.24. The van der Waals surface area contributed by atoms with E-state index in [4.69, 9.17) is 0 Å². The molecule has 0 spiro atoms. The van der Waals surface area contributed by atoms with E-state index < -0.39 is 0 Å². The second-order valence-electron chi connectivity index (χ2n) is 4.37. The number of hydrogen-bond acceptors (Lipinski definition) is 2. The van der Waals surface area contributed by atoms with E-state index in [1.807, 2.05) is 0 Å². The highest BCUT2D eigenvalue weighted by molar-refractivity contribution is 9.10. The van der Waals surface area contributed by atoms with Crippen molar-refractivity contribution in [1.29, 1.82) is 0 Å². The van der Waals surface area contributed by atoms with Crippen LogP contribution in [0, 0.1) is 5.92 Å². The largest absolute Gasteiger partial charge is 0.507 e. The summed E-state index contributed by atoms with van der Waals surface area (Å²) in [7, 11) is 1.79. The molecule has 0 aliphatic heterocycles. The van der Waals surface area contributed by atoms with Gasteiger partial charge < -0.3 is 10.0 Å². The van der Waals surface area contributed by atoms with Crippen molar-refractivity contribution < 1.29 is 9.90 Å². The minimum absolute atomic E-state index is 0.0619. The first-order valence-corrected chi connectivity index (χ1v) is 6.49. The number of rotatable bonds is 4. The molecular weight excluding hydrogens is 282 g/mol. The van der Waals surface area contributed by atoms with Gasteiger partial charge in [0.05, 0.1) is 4.47 Å². The average molecular weight is 300 g/mol. The van der Waals surface area contributed by atoms with Crippen molar-refractivity contribution in [2.75, 3.05) is 13.6 Å². The molecule has 0 aromatic heterocycles. The fourth-order valence-electron chi connectivity index (χ4n) is 1.55. The van der Waals surface area contributed by atoms with E-state index in [9.17, 15) is 9.90 Å². The van der Waals surface area contributed by atoms with Crippen LogP contribution in [-0.2, 0) is 0 Å². The fraction of sp³-hybridized carbons (Fsp3) is 0.462. The van der Waals surface area contributed by atoms with Crippen molar-refractivity contribution in [2.24, 2.45) is 5.92 Å². The van der Waals surface area contributed by atoms with Crippen molar-refractivity contribution in [1.82, 2.24) is 4.90 Å². The number of phenolic OH excluding ortho intramolecular Hbond substituents is 1. The van der Waals surface area contributed by atoms with Gasteiger partial charge in [-0.1, -0.05) is 20.3 Å². The lowest BCUT2D eigenvalue weighted by molar-refractivity contribution is 0.0774. The molecule has 1 atom stereocenters. The van der Waals surface area contributed by atoms with Gasteiger partial charge in [0.1, 0.15) is 5.75 Å². The van der Waals surface area contributed by atoms with Gasteiger partial charge in [0.2, 0.25) is 0 Å². The lowest BCUT2D eigenvalue weighted by Crippen LogP contribution is -2.30.